The fraction of sp³-hybridized carbons (Fsp3) is 0. The molecule has 0 unspecified atom stereocenters. The average molecular weight is 270 g/mol. The number of para-hydroxylation sites is 1. The van der Waals surface area contributed by atoms with Gasteiger partial charge in [-0.2, -0.15) is 0 Å². The lowest BCUT2D eigenvalue weighted by atomic mass is 10.1. The first-order valence-electron chi connectivity index (χ1n) is 7.00. The minimum atomic E-state index is 0.997. The van der Waals surface area contributed by atoms with Gasteiger partial charge in [0.2, 0.25) is 0 Å². The van der Waals surface area contributed by atoms with Crippen LogP contribution in [-0.2, 0) is 0 Å². The molecule has 21 heavy (non-hydrogen) atoms. The van der Waals surface area contributed by atoms with Crippen molar-refractivity contribution in [3.05, 3.63) is 78.5 Å². The van der Waals surface area contributed by atoms with Gasteiger partial charge in [0.1, 0.15) is 0 Å². The maximum Gasteiger partial charge on any atom is 0.0708 e. The van der Waals surface area contributed by atoms with Crippen LogP contribution in [-0.4, -0.2) is 11.2 Å². The van der Waals surface area contributed by atoms with E-state index in [1.807, 2.05) is 30.6 Å². The minimum Gasteiger partial charge on any atom is -0.361 e. The highest BCUT2D eigenvalue weighted by Gasteiger charge is 2.00. The number of nitrogens with one attached hydrogen (secondary N) is 1. The molecule has 2 nitrogen and oxygen atoms in total. The third-order valence-electron chi connectivity index (χ3n) is 3.73. The zero-order valence-electron chi connectivity index (χ0n) is 11.5. The zero-order valence-corrected chi connectivity index (χ0v) is 11.5. The molecule has 0 bridgehead atoms. The van der Waals surface area contributed by atoms with Crippen LogP contribution in [0, 0.1) is 0 Å². The second-order valence-corrected chi connectivity index (χ2v) is 5.05. The number of fused-ring (bicyclic) bond motifs is 2. The summed E-state index contributed by atoms with van der Waals surface area (Å²) >= 11 is 0. The van der Waals surface area contributed by atoms with Crippen LogP contribution in [0.1, 0.15) is 5.56 Å². The summed E-state index contributed by atoms with van der Waals surface area (Å²) in [5.74, 6) is 0. The maximum atomic E-state index is 4.69. The molecule has 0 atom stereocenters. The van der Waals surface area contributed by atoms with Gasteiger partial charge >= 0.3 is 0 Å². The first kappa shape index (κ1) is 11.9. The molecule has 0 aliphatic rings. The predicted molar refractivity (Wildman–Crippen MR) is 89.5 cm³/mol. The van der Waals surface area contributed by atoms with E-state index in [0.717, 1.165) is 16.8 Å². The van der Waals surface area contributed by atoms with Crippen molar-refractivity contribution in [1.82, 2.24) is 4.98 Å². The van der Waals surface area contributed by atoms with Crippen LogP contribution in [0.4, 0.5) is 5.69 Å². The van der Waals surface area contributed by atoms with E-state index in [1.54, 1.807) is 0 Å². The lowest BCUT2D eigenvalue weighted by Gasteiger charge is -2.01. The summed E-state index contributed by atoms with van der Waals surface area (Å²) in [6.45, 7) is 0. The van der Waals surface area contributed by atoms with Crippen LogP contribution >= 0.6 is 0 Å². The summed E-state index contributed by atoms with van der Waals surface area (Å²) in [5.41, 5.74) is 3.23. The Morgan fingerprint density at radius 2 is 1.57 bits per heavy atom. The van der Waals surface area contributed by atoms with Crippen LogP contribution in [0.3, 0.4) is 0 Å². The molecule has 0 saturated carbocycles. The molecule has 3 aromatic carbocycles. The third-order valence-corrected chi connectivity index (χ3v) is 3.73. The SMILES string of the molecule is C(=Nc1cccc2ccccc12)c1cccc2cc[nH]c12. The molecular weight excluding hydrogens is 256 g/mol. The number of aromatic nitrogens is 1. The summed E-state index contributed by atoms with van der Waals surface area (Å²) < 4.78 is 0. The summed E-state index contributed by atoms with van der Waals surface area (Å²) in [6.07, 6.45) is 3.89. The van der Waals surface area contributed by atoms with E-state index in [9.17, 15) is 0 Å². The Balaban J connectivity index is 1.82. The highest BCUT2D eigenvalue weighted by molar-refractivity contribution is 6.00. The molecule has 0 aliphatic carbocycles. The number of hydrogen-bond acceptors (Lipinski definition) is 1. The maximum absolute atomic E-state index is 4.69. The highest BCUT2D eigenvalue weighted by atomic mass is 14.7. The Kier molecular flexibility index (Phi) is 2.79. The monoisotopic (exact) mass is 270 g/mol. The fourth-order valence-corrected chi connectivity index (χ4v) is 2.68. The second-order valence-electron chi connectivity index (χ2n) is 5.05. The number of hydrogen-bond donors (Lipinski definition) is 1. The largest absolute Gasteiger partial charge is 0.361 e. The summed E-state index contributed by atoms with van der Waals surface area (Å²) in [6, 6.07) is 22.8. The van der Waals surface area contributed by atoms with Crippen LogP contribution in [0.15, 0.2) is 77.9 Å². The third kappa shape index (κ3) is 2.11. The molecule has 4 aromatic rings. The van der Waals surface area contributed by atoms with E-state index in [4.69, 9.17) is 0 Å². The molecule has 2 heteroatoms. The molecule has 0 saturated heterocycles. The van der Waals surface area contributed by atoms with Crippen molar-refractivity contribution < 1.29 is 0 Å². The van der Waals surface area contributed by atoms with Gasteiger partial charge in [0.15, 0.2) is 0 Å². The molecule has 100 valence electrons. The van der Waals surface area contributed by atoms with Crippen molar-refractivity contribution in [3.8, 4) is 0 Å². The molecule has 0 amide bonds. The number of rotatable bonds is 2. The van der Waals surface area contributed by atoms with Crippen LogP contribution in [0.5, 0.6) is 0 Å². The number of aliphatic imine (C=N–C) groups is 1. The summed E-state index contributed by atoms with van der Waals surface area (Å²) in [5, 5.41) is 3.59. The number of nitrogens with zero attached hydrogens (tertiary/aromatic N) is 1. The first-order valence-corrected chi connectivity index (χ1v) is 7.00. The van der Waals surface area contributed by atoms with E-state index in [1.165, 1.54) is 16.2 Å². The first-order chi connectivity index (χ1) is 10.4. The molecule has 4 rings (SSSR count). The van der Waals surface area contributed by atoms with Gasteiger partial charge in [0.25, 0.3) is 0 Å². The Bertz CT molecular complexity index is 943. The van der Waals surface area contributed by atoms with Crippen molar-refractivity contribution in [2.75, 3.05) is 0 Å². The Morgan fingerprint density at radius 1 is 0.762 bits per heavy atom. The van der Waals surface area contributed by atoms with Crippen molar-refractivity contribution in [3.63, 3.8) is 0 Å². The Morgan fingerprint density at radius 3 is 2.57 bits per heavy atom. The number of aromatic amines is 1. The van der Waals surface area contributed by atoms with Gasteiger partial charge < -0.3 is 4.98 Å². The van der Waals surface area contributed by atoms with Gasteiger partial charge in [-0.05, 0) is 17.5 Å². The van der Waals surface area contributed by atoms with Crippen LogP contribution < -0.4 is 0 Å². The van der Waals surface area contributed by atoms with Crippen molar-refractivity contribution >= 4 is 33.6 Å². The smallest absolute Gasteiger partial charge is 0.0708 e. The number of benzene rings is 3. The standard InChI is InChI=1S/C19H14N2/c1-2-9-17-14(5-1)6-4-10-18(17)21-13-16-8-3-7-15-11-12-20-19(15)16/h1-13,20H. The molecule has 1 aromatic heterocycles. The normalized spacial score (nSPS) is 11.6. The van der Waals surface area contributed by atoms with Crippen molar-refractivity contribution in [2.24, 2.45) is 4.99 Å². The van der Waals surface area contributed by atoms with Crippen molar-refractivity contribution in [2.45, 2.75) is 0 Å². The van der Waals surface area contributed by atoms with E-state index in [-0.39, 0.29) is 0 Å². The van der Waals surface area contributed by atoms with Gasteiger partial charge in [-0.3, -0.25) is 4.99 Å². The minimum absolute atomic E-state index is 0.997. The molecule has 0 fully saturated rings. The van der Waals surface area contributed by atoms with Gasteiger partial charge in [-0.1, -0.05) is 54.6 Å². The van der Waals surface area contributed by atoms with Crippen LogP contribution in [0.2, 0.25) is 0 Å². The molecular formula is C19H14N2. The highest BCUT2D eigenvalue weighted by Crippen LogP contribution is 2.26. The quantitative estimate of drug-likeness (QED) is 0.492. The Labute approximate surface area is 122 Å². The lowest BCUT2D eigenvalue weighted by Crippen LogP contribution is -1.83. The Hall–Kier alpha value is -2.87. The summed E-state index contributed by atoms with van der Waals surface area (Å²) in [4.78, 5) is 7.96. The van der Waals surface area contributed by atoms with E-state index in [0.29, 0.717) is 0 Å². The van der Waals surface area contributed by atoms with Crippen LogP contribution in [0.25, 0.3) is 21.7 Å². The average Bonchev–Trinajstić information content (AvgIpc) is 3.02. The predicted octanol–water partition coefficient (Wildman–Crippen LogP) is 5.07. The van der Waals surface area contributed by atoms with Gasteiger partial charge in [0.05, 0.1) is 11.2 Å². The lowest BCUT2D eigenvalue weighted by molar-refractivity contribution is 1.47. The van der Waals surface area contributed by atoms with Gasteiger partial charge in [-0.25, -0.2) is 0 Å². The van der Waals surface area contributed by atoms with E-state index < -0.39 is 0 Å². The van der Waals surface area contributed by atoms with Gasteiger partial charge in [0, 0.05) is 28.7 Å². The molecule has 0 spiro atoms. The molecule has 1 N–H and O–H groups in total. The second kappa shape index (κ2) is 4.91. The van der Waals surface area contributed by atoms with Gasteiger partial charge in [-0.15, -0.1) is 0 Å². The zero-order chi connectivity index (χ0) is 14.1. The molecule has 0 radical (unpaired) electrons. The summed E-state index contributed by atoms with van der Waals surface area (Å²) in [7, 11) is 0. The van der Waals surface area contributed by atoms with E-state index in [2.05, 4.69) is 58.5 Å². The fourth-order valence-electron chi connectivity index (χ4n) is 2.68. The number of H-pyrrole nitrogens is 1. The van der Waals surface area contributed by atoms with E-state index >= 15 is 0 Å². The topological polar surface area (TPSA) is 28.1 Å². The molecule has 1 heterocycles. The van der Waals surface area contributed by atoms with Crippen molar-refractivity contribution in [1.29, 1.82) is 0 Å². The molecule has 0 aliphatic heterocycles.